The van der Waals surface area contributed by atoms with Crippen molar-refractivity contribution in [3.05, 3.63) is 53.6 Å². The van der Waals surface area contributed by atoms with Crippen LogP contribution in [0, 0.1) is 0 Å². The standard InChI is InChI=1S/C15H11NO2S/c17-13(8-19)16-12-7-3-6-11-14(12)9-4-1-2-5-10(9)15(11)18/h1-7,19H,8H2,(H,16,17). The molecule has 94 valence electrons. The van der Waals surface area contributed by atoms with E-state index in [2.05, 4.69) is 17.9 Å². The number of hydrogen-bond acceptors (Lipinski definition) is 3. The molecule has 1 N–H and O–H groups in total. The van der Waals surface area contributed by atoms with Crippen LogP contribution in [-0.4, -0.2) is 17.4 Å². The molecule has 1 aliphatic carbocycles. The minimum Gasteiger partial charge on any atom is -0.325 e. The summed E-state index contributed by atoms with van der Waals surface area (Å²) < 4.78 is 0. The molecule has 2 aromatic carbocycles. The van der Waals surface area contributed by atoms with E-state index in [4.69, 9.17) is 0 Å². The molecule has 19 heavy (non-hydrogen) atoms. The van der Waals surface area contributed by atoms with E-state index in [0.29, 0.717) is 16.8 Å². The van der Waals surface area contributed by atoms with Crippen LogP contribution in [0.25, 0.3) is 11.1 Å². The number of nitrogens with one attached hydrogen (secondary N) is 1. The molecular formula is C15H11NO2S. The lowest BCUT2D eigenvalue weighted by molar-refractivity contribution is -0.113. The fourth-order valence-electron chi connectivity index (χ4n) is 2.37. The van der Waals surface area contributed by atoms with Gasteiger partial charge in [0.1, 0.15) is 0 Å². The Morgan fingerprint density at radius 1 is 1.00 bits per heavy atom. The van der Waals surface area contributed by atoms with E-state index in [1.165, 1.54) is 0 Å². The summed E-state index contributed by atoms with van der Waals surface area (Å²) in [6, 6.07) is 12.8. The number of carbonyl (C=O) groups is 2. The van der Waals surface area contributed by atoms with E-state index in [9.17, 15) is 9.59 Å². The zero-order valence-electron chi connectivity index (χ0n) is 10.0. The number of anilines is 1. The second-order valence-electron chi connectivity index (χ2n) is 4.31. The Morgan fingerprint density at radius 3 is 2.42 bits per heavy atom. The Bertz CT molecular complexity index is 694. The summed E-state index contributed by atoms with van der Waals surface area (Å²) in [6.07, 6.45) is 0. The van der Waals surface area contributed by atoms with Crippen molar-refractivity contribution >= 4 is 30.0 Å². The first-order chi connectivity index (χ1) is 9.22. The van der Waals surface area contributed by atoms with Gasteiger partial charge in [0.15, 0.2) is 5.78 Å². The maximum Gasteiger partial charge on any atom is 0.234 e. The average Bonchev–Trinajstić information content (AvgIpc) is 2.74. The van der Waals surface area contributed by atoms with E-state index >= 15 is 0 Å². The molecule has 4 heteroatoms. The zero-order chi connectivity index (χ0) is 13.4. The lowest BCUT2D eigenvalue weighted by Gasteiger charge is -2.09. The van der Waals surface area contributed by atoms with E-state index in [-0.39, 0.29) is 17.4 Å². The van der Waals surface area contributed by atoms with Gasteiger partial charge >= 0.3 is 0 Å². The molecular weight excluding hydrogens is 258 g/mol. The SMILES string of the molecule is O=C(CS)Nc1cccc2c1-c1ccccc1C2=O. The third kappa shape index (κ3) is 1.85. The Balaban J connectivity index is 2.19. The minimum atomic E-state index is -0.187. The smallest absolute Gasteiger partial charge is 0.234 e. The fourth-order valence-corrected chi connectivity index (χ4v) is 2.45. The molecule has 0 aliphatic heterocycles. The van der Waals surface area contributed by atoms with Gasteiger partial charge in [0, 0.05) is 22.4 Å². The fraction of sp³-hybridized carbons (Fsp3) is 0.0667. The molecule has 0 spiro atoms. The Labute approximate surface area is 116 Å². The summed E-state index contributed by atoms with van der Waals surface area (Å²) in [5, 5.41) is 2.79. The molecule has 0 heterocycles. The maximum atomic E-state index is 12.3. The molecule has 0 aromatic heterocycles. The number of rotatable bonds is 2. The van der Waals surface area contributed by atoms with Crippen LogP contribution in [0.3, 0.4) is 0 Å². The van der Waals surface area contributed by atoms with Gasteiger partial charge < -0.3 is 5.32 Å². The van der Waals surface area contributed by atoms with Crippen LogP contribution in [0.2, 0.25) is 0 Å². The van der Waals surface area contributed by atoms with Gasteiger partial charge in [-0.05, 0) is 11.6 Å². The number of thiol groups is 1. The average molecular weight is 269 g/mol. The van der Waals surface area contributed by atoms with Crippen molar-refractivity contribution in [3.8, 4) is 11.1 Å². The van der Waals surface area contributed by atoms with Gasteiger partial charge in [-0.1, -0.05) is 36.4 Å². The Morgan fingerprint density at radius 2 is 1.68 bits per heavy atom. The summed E-state index contributed by atoms with van der Waals surface area (Å²) in [6.45, 7) is 0. The first-order valence-corrected chi connectivity index (χ1v) is 6.53. The second kappa shape index (κ2) is 4.55. The number of benzene rings is 2. The first kappa shape index (κ1) is 12.0. The Kier molecular flexibility index (Phi) is 2.87. The predicted octanol–water partition coefficient (Wildman–Crippen LogP) is 2.77. The monoisotopic (exact) mass is 269 g/mol. The molecule has 3 nitrogen and oxygen atoms in total. The highest BCUT2D eigenvalue weighted by atomic mass is 32.1. The molecule has 1 aliphatic rings. The Hall–Kier alpha value is -2.07. The molecule has 2 aromatic rings. The molecule has 0 radical (unpaired) electrons. The van der Waals surface area contributed by atoms with Crippen molar-refractivity contribution < 1.29 is 9.59 Å². The van der Waals surface area contributed by atoms with Crippen molar-refractivity contribution in [2.24, 2.45) is 0 Å². The molecule has 1 amide bonds. The van der Waals surface area contributed by atoms with Crippen molar-refractivity contribution in [1.29, 1.82) is 0 Å². The van der Waals surface area contributed by atoms with Gasteiger partial charge in [0.2, 0.25) is 5.91 Å². The topological polar surface area (TPSA) is 46.2 Å². The molecule has 0 atom stereocenters. The largest absolute Gasteiger partial charge is 0.325 e. The molecule has 0 saturated carbocycles. The summed E-state index contributed by atoms with van der Waals surface area (Å²) in [4.78, 5) is 23.8. The highest BCUT2D eigenvalue weighted by Gasteiger charge is 2.28. The lowest BCUT2D eigenvalue weighted by Crippen LogP contribution is -2.13. The van der Waals surface area contributed by atoms with Crippen LogP contribution in [0.5, 0.6) is 0 Å². The number of amides is 1. The lowest BCUT2D eigenvalue weighted by atomic mass is 10.0. The number of fused-ring (bicyclic) bond motifs is 3. The van der Waals surface area contributed by atoms with Crippen LogP contribution in [0.15, 0.2) is 42.5 Å². The predicted molar refractivity (Wildman–Crippen MR) is 77.8 cm³/mol. The molecule has 0 bridgehead atoms. The van der Waals surface area contributed by atoms with Crippen molar-refractivity contribution in [2.45, 2.75) is 0 Å². The van der Waals surface area contributed by atoms with Gasteiger partial charge in [0.05, 0.1) is 5.75 Å². The normalized spacial score (nSPS) is 11.9. The van der Waals surface area contributed by atoms with Gasteiger partial charge in [-0.25, -0.2) is 0 Å². The van der Waals surface area contributed by atoms with Gasteiger partial charge in [-0.2, -0.15) is 12.6 Å². The second-order valence-corrected chi connectivity index (χ2v) is 4.63. The third-order valence-electron chi connectivity index (χ3n) is 3.17. The van der Waals surface area contributed by atoms with E-state index < -0.39 is 0 Å². The van der Waals surface area contributed by atoms with Gasteiger partial charge in [-0.3, -0.25) is 9.59 Å². The summed E-state index contributed by atoms with van der Waals surface area (Å²) >= 11 is 3.95. The number of ketones is 1. The maximum absolute atomic E-state index is 12.3. The minimum absolute atomic E-state index is 0.00701. The molecule has 0 fully saturated rings. The van der Waals surface area contributed by atoms with Crippen molar-refractivity contribution in [3.63, 3.8) is 0 Å². The molecule has 0 saturated heterocycles. The van der Waals surface area contributed by atoms with Crippen LogP contribution in [0.4, 0.5) is 5.69 Å². The zero-order valence-corrected chi connectivity index (χ0v) is 10.9. The highest BCUT2D eigenvalue weighted by molar-refractivity contribution is 7.81. The quantitative estimate of drug-likeness (QED) is 0.703. The number of hydrogen-bond donors (Lipinski definition) is 2. The van der Waals surface area contributed by atoms with E-state index in [1.807, 2.05) is 24.3 Å². The van der Waals surface area contributed by atoms with Crippen molar-refractivity contribution in [1.82, 2.24) is 0 Å². The highest BCUT2D eigenvalue weighted by Crippen LogP contribution is 2.41. The third-order valence-corrected chi connectivity index (χ3v) is 3.46. The molecule has 3 rings (SSSR count). The first-order valence-electron chi connectivity index (χ1n) is 5.90. The van der Waals surface area contributed by atoms with Crippen LogP contribution in [-0.2, 0) is 4.79 Å². The summed E-state index contributed by atoms with van der Waals surface area (Å²) in [5.41, 5.74) is 3.66. The number of carbonyl (C=O) groups excluding carboxylic acids is 2. The van der Waals surface area contributed by atoms with Gasteiger partial charge in [0.25, 0.3) is 0 Å². The van der Waals surface area contributed by atoms with Crippen LogP contribution >= 0.6 is 12.6 Å². The van der Waals surface area contributed by atoms with Crippen LogP contribution < -0.4 is 5.32 Å². The molecule has 0 unspecified atom stereocenters. The van der Waals surface area contributed by atoms with E-state index in [0.717, 1.165) is 11.1 Å². The summed E-state index contributed by atoms with van der Waals surface area (Å²) in [7, 11) is 0. The van der Waals surface area contributed by atoms with Crippen LogP contribution in [0.1, 0.15) is 15.9 Å². The van der Waals surface area contributed by atoms with E-state index in [1.54, 1.807) is 18.2 Å². The summed E-state index contributed by atoms with van der Waals surface area (Å²) in [5.74, 6) is -0.0691. The van der Waals surface area contributed by atoms with Crippen molar-refractivity contribution in [2.75, 3.05) is 11.1 Å². The van der Waals surface area contributed by atoms with Gasteiger partial charge in [-0.15, -0.1) is 0 Å².